The number of fused-ring (bicyclic) bond motifs is 1. The number of nitrogens with one attached hydrogen (secondary N) is 2. The standard InChI is InChI=1S/C18H21N3O/c1-12-9-15-10-14(6-7-17(15)21-12)18(22)13(2)20-11-16-5-3-4-8-19-16/h3-8,10,12-13,20-21H,9,11H2,1-2H3. The maximum atomic E-state index is 12.5. The molecule has 0 aliphatic carbocycles. The second kappa shape index (κ2) is 6.28. The Morgan fingerprint density at radius 1 is 1.41 bits per heavy atom. The van der Waals surface area contributed by atoms with E-state index in [1.165, 1.54) is 5.56 Å². The van der Waals surface area contributed by atoms with Crippen molar-refractivity contribution in [1.82, 2.24) is 10.3 Å². The summed E-state index contributed by atoms with van der Waals surface area (Å²) in [5, 5.41) is 6.65. The third kappa shape index (κ3) is 3.17. The van der Waals surface area contributed by atoms with Crippen LogP contribution in [0.15, 0.2) is 42.6 Å². The van der Waals surface area contributed by atoms with Gasteiger partial charge in [-0.1, -0.05) is 6.07 Å². The molecule has 1 aliphatic rings. The molecule has 0 bridgehead atoms. The molecule has 114 valence electrons. The maximum absolute atomic E-state index is 12.5. The molecular formula is C18H21N3O. The zero-order chi connectivity index (χ0) is 15.5. The van der Waals surface area contributed by atoms with E-state index in [1.54, 1.807) is 6.20 Å². The van der Waals surface area contributed by atoms with Gasteiger partial charge in [0.1, 0.15) is 0 Å². The number of benzene rings is 1. The fourth-order valence-corrected chi connectivity index (χ4v) is 2.81. The molecule has 3 rings (SSSR count). The number of pyridine rings is 1. The molecule has 2 unspecified atom stereocenters. The van der Waals surface area contributed by atoms with Crippen molar-refractivity contribution >= 4 is 11.5 Å². The Morgan fingerprint density at radius 2 is 2.27 bits per heavy atom. The number of hydrogen-bond donors (Lipinski definition) is 2. The molecule has 1 aromatic heterocycles. The SMILES string of the molecule is CC1Cc2cc(C(=O)C(C)NCc3ccccn3)ccc2N1. The summed E-state index contributed by atoms with van der Waals surface area (Å²) in [4.78, 5) is 16.8. The van der Waals surface area contributed by atoms with Crippen LogP contribution in [0, 0.1) is 0 Å². The number of ketones is 1. The van der Waals surface area contributed by atoms with Gasteiger partial charge in [-0.15, -0.1) is 0 Å². The molecule has 2 N–H and O–H groups in total. The van der Waals surface area contributed by atoms with Gasteiger partial charge in [0.2, 0.25) is 0 Å². The summed E-state index contributed by atoms with van der Waals surface area (Å²) in [7, 11) is 0. The first-order valence-corrected chi connectivity index (χ1v) is 7.70. The molecule has 2 aromatic rings. The second-order valence-corrected chi connectivity index (χ2v) is 5.91. The summed E-state index contributed by atoms with van der Waals surface area (Å²) in [5.41, 5.74) is 4.10. The summed E-state index contributed by atoms with van der Waals surface area (Å²) < 4.78 is 0. The zero-order valence-corrected chi connectivity index (χ0v) is 13.0. The van der Waals surface area contributed by atoms with E-state index >= 15 is 0 Å². The molecule has 0 saturated carbocycles. The van der Waals surface area contributed by atoms with Crippen molar-refractivity contribution in [2.24, 2.45) is 0 Å². The molecule has 2 heterocycles. The summed E-state index contributed by atoms with van der Waals surface area (Å²) in [5.74, 6) is 0.123. The van der Waals surface area contributed by atoms with Gasteiger partial charge in [-0.05, 0) is 56.2 Å². The van der Waals surface area contributed by atoms with Crippen LogP contribution in [0.1, 0.15) is 35.5 Å². The monoisotopic (exact) mass is 295 g/mol. The number of aromatic nitrogens is 1. The lowest BCUT2D eigenvalue weighted by Crippen LogP contribution is -2.33. The smallest absolute Gasteiger partial charge is 0.179 e. The van der Waals surface area contributed by atoms with Crippen molar-refractivity contribution in [3.8, 4) is 0 Å². The number of carbonyl (C=O) groups excluding carboxylic acids is 1. The van der Waals surface area contributed by atoms with Crippen LogP contribution in [0.25, 0.3) is 0 Å². The highest BCUT2D eigenvalue weighted by molar-refractivity contribution is 6.00. The first-order valence-electron chi connectivity index (χ1n) is 7.70. The van der Waals surface area contributed by atoms with Crippen LogP contribution in [0.3, 0.4) is 0 Å². The van der Waals surface area contributed by atoms with Gasteiger partial charge in [-0.25, -0.2) is 0 Å². The van der Waals surface area contributed by atoms with Crippen LogP contribution >= 0.6 is 0 Å². The van der Waals surface area contributed by atoms with Crippen LogP contribution in [0.4, 0.5) is 5.69 Å². The molecule has 22 heavy (non-hydrogen) atoms. The highest BCUT2D eigenvalue weighted by Crippen LogP contribution is 2.26. The van der Waals surface area contributed by atoms with E-state index in [0.717, 1.165) is 23.4 Å². The largest absolute Gasteiger partial charge is 0.382 e. The molecule has 4 heteroatoms. The number of carbonyl (C=O) groups is 1. The van der Waals surface area contributed by atoms with E-state index in [4.69, 9.17) is 0 Å². The Bertz CT molecular complexity index is 669. The lowest BCUT2D eigenvalue weighted by atomic mass is 10.0. The van der Waals surface area contributed by atoms with Gasteiger partial charge in [-0.3, -0.25) is 9.78 Å². The average Bonchev–Trinajstić information content (AvgIpc) is 2.92. The van der Waals surface area contributed by atoms with Crippen molar-refractivity contribution in [2.45, 2.75) is 38.9 Å². The van der Waals surface area contributed by atoms with E-state index in [9.17, 15) is 4.79 Å². The summed E-state index contributed by atoms with van der Waals surface area (Å²) in [6.07, 6.45) is 2.74. The maximum Gasteiger partial charge on any atom is 0.179 e. The minimum absolute atomic E-state index is 0.123. The van der Waals surface area contributed by atoms with Crippen molar-refractivity contribution < 1.29 is 4.79 Å². The van der Waals surface area contributed by atoms with E-state index < -0.39 is 0 Å². The molecule has 0 radical (unpaired) electrons. The highest BCUT2D eigenvalue weighted by atomic mass is 16.1. The van der Waals surface area contributed by atoms with Gasteiger partial charge in [0.05, 0.1) is 11.7 Å². The fraction of sp³-hybridized carbons (Fsp3) is 0.333. The first kappa shape index (κ1) is 14.7. The molecule has 0 spiro atoms. The van der Waals surface area contributed by atoms with Crippen molar-refractivity contribution in [3.05, 3.63) is 59.4 Å². The van der Waals surface area contributed by atoms with Gasteiger partial charge in [0, 0.05) is 30.0 Å². The molecule has 0 amide bonds. The molecule has 0 saturated heterocycles. The molecule has 4 nitrogen and oxygen atoms in total. The van der Waals surface area contributed by atoms with E-state index in [1.807, 2.05) is 43.3 Å². The summed E-state index contributed by atoms with van der Waals surface area (Å²) in [6.45, 7) is 4.65. The molecule has 1 aliphatic heterocycles. The van der Waals surface area contributed by atoms with Crippen molar-refractivity contribution in [2.75, 3.05) is 5.32 Å². The van der Waals surface area contributed by atoms with Gasteiger partial charge in [0.15, 0.2) is 5.78 Å². The lowest BCUT2D eigenvalue weighted by Gasteiger charge is -2.13. The number of Topliss-reactive ketones (excluding diaryl/α,β-unsaturated/α-hetero) is 1. The third-order valence-corrected chi connectivity index (χ3v) is 4.03. The quantitative estimate of drug-likeness (QED) is 0.833. The fourth-order valence-electron chi connectivity index (χ4n) is 2.81. The number of nitrogens with zero attached hydrogens (tertiary/aromatic N) is 1. The minimum Gasteiger partial charge on any atom is -0.382 e. The number of anilines is 1. The van der Waals surface area contributed by atoms with Crippen LogP contribution in [-0.4, -0.2) is 22.9 Å². The molecule has 1 aromatic carbocycles. The Hall–Kier alpha value is -2.20. The molecule has 2 atom stereocenters. The number of hydrogen-bond acceptors (Lipinski definition) is 4. The Kier molecular flexibility index (Phi) is 4.20. The summed E-state index contributed by atoms with van der Waals surface area (Å²) >= 11 is 0. The molecule has 0 fully saturated rings. The van der Waals surface area contributed by atoms with E-state index in [2.05, 4.69) is 22.5 Å². The number of rotatable bonds is 5. The van der Waals surface area contributed by atoms with Gasteiger partial charge >= 0.3 is 0 Å². The van der Waals surface area contributed by atoms with Crippen LogP contribution in [0.5, 0.6) is 0 Å². The normalized spacial score (nSPS) is 17.6. The van der Waals surface area contributed by atoms with Crippen LogP contribution in [0.2, 0.25) is 0 Å². The van der Waals surface area contributed by atoms with Gasteiger partial charge in [-0.2, -0.15) is 0 Å². The second-order valence-electron chi connectivity index (χ2n) is 5.91. The highest BCUT2D eigenvalue weighted by Gasteiger charge is 2.20. The predicted molar refractivity (Wildman–Crippen MR) is 88.1 cm³/mol. The third-order valence-electron chi connectivity index (χ3n) is 4.03. The molecular weight excluding hydrogens is 274 g/mol. The van der Waals surface area contributed by atoms with Crippen molar-refractivity contribution in [3.63, 3.8) is 0 Å². The zero-order valence-electron chi connectivity index (χ0n) is 13.0. The van der Waals surface area contributed by atoms with Crippen molar-refractivity contribution in [1.29, 1.82) is 0 Å². The van der Waals surface area contributed by atoms with Gasteiger partial charge < -0.3 is 10.6 Å². The van der Waals surface area contributed by atoms with E-state index in [0.29, 0.717) is 12.6 Å². The average molecular weight is 295 g/mol. The minimum atomic E-state index is -0.230. The topological polar surface area (TPSA) is 54.0 Å². The Labute approximate surface area is 131 Å². The summed E-state index contributed by atoms with van der Waals surface area (Å²) in [6, 6.07) is 11.9. The van der Waals surface area contributed by atoms with Crippen LogP contribution < -0.4 is 10.6 Å². The van der Waals surface area contributed by atoms with E-state index in [-0.39, 0.29) is 11.8 Å². The lowest BCUT2D eigenvalue weighted by molar-refractivity contribution is 0.0950. The first-order chi connectivity index (χ1) is 10.6. The Balaban J connectivity index is 1.65. The Morgan fingerprint density at radius 3 is 3.05 bits per heavy atom. The van der Waals surface area contributed by atoms with Crippen LogP contribution in [-0.2, 0) is 13.0 Å². The van der Waals surface area contributed by atoms with Gasteiger partial charge in [0.25, 0.3) is 0 Å². The predicted octanol–water partition coefficient (Wildman–Crippen LogP) is 2.80.